The summed E-state index contributed by atoms with van der Waals surface area (Å²) < 4.78 is 13.6. The van der Waals surface area contributed by atoms with E-state index < -0.39 is 11.8 Å². The molecule has 0 spiro atoms. The minimum Gasteiger partial charge on any atom is -0.506 e. The number of carboxylic acids is 1. The molecule has 1 heterocycles. The van der Waals surface area contributed by atoms with Crippen LogP contribution in [0.3, 0.4) is 0 Å². The molecule has 2 N–H and O–H groups in total. The molecule has 2 aromatic rings. The van der Waals surface area contributed by atoms with Crippen LogP contribution in [0.5, 0.6) is 5.75 Å². The predicted molar refractivity (Wildman–Crippen MR) is 67.1 cm³/mol. The number of benzene rings is 1. The maximum atomic E-state index is 13.6. The molecule has 1 aromatic carbocycles. The van der Waals surface area contributed by atoms with Gasteiger partial charge >= 0.3 is 5.97 Å². The lowest BCUT2D eigenvalue weighted by atomic mass is 10.0. The summed E-state index contributed by atoms with van der Waals surface area (Å²) >= 11 is 5.77. The molecule has 0 aliphatic rings. The molecule has 2 rings (SSSR count). The molecule has 0 saturated heterocycles. The van der Waals surface area contributed by atoms with Crippen LogP contribution in [0.4, 0.5) is 4.39 Å². The molecule has 0 amide bonds. The van der Waals surface area contributed by atoms with Crippen molar-refractivity contribution in [3.63, 3.8) is 0 Å². The van der Waals surface area contributed by atoms with Crippen LogP contribution in [0.2, 0.25) is 5.02 Å². The van der Waals surface area contributed by atoms with Gasteiger partial charge in [-0.1, -0.05) is 11.6 Å². The molecule has 19 heavy (non-hydrogen) atoms. The molecule has 0 atom stereocenters. The highest BCUT2D eigenvalue weighted by Crippen LogP contribution is 2.25. The fourth-order valence-corrected chi connectivity index (χ4v) is 1.91. The number of aromatic nitrogens is 1. The quantitative estimate of drug-likeness (QED) is 0.907. The lowest BCUT2D eigenvalue weighted by Gasteiger charge is -2.09. The maximum Gasteiger partial charge on any atom is 0.337 e. The van der Waals surface area contributed by atoms with Crippen LogP contribution in [-0.4, -0.2) is 21.2 Å². The number of rotatable bonds is 3. The van der Waals surface area contributed by atoms with Gasteiger partial charge in [-0.2, -0.15) is 0 Å². The number of pyridine rings is 1. The molecule has 0 saturated carbocycles. The maximum absolute atomic E-state index is 13.6. The molecule has 0 aliphatic carbocycles. The summed E-state index contributed by atoms with van der Waals surface area (Å²) in [5.41, 5.74) is 0.138. The summed E-state index contributed by atoms with van der Waals surface area (Å²) in [6.45, 7) is 0. The Labute approximate surface area is 113 Å². The van der Waals surface area contributed by atoms with Crippen molar-refractivity contribution in [3.05, 3.63) is 58.1 Å². The number of hydrogen-bond acceptors (Lipinski definition) is 3. The minimum atomic E-state index is -1.24. The zero-order chi connectivity index (χ0) is 14.0. The van der Waals surface area contributed by atoms with E-state index in [0.29, 0.717) is 5.02 Å². The van der Waals surface area contributed by atoms with Crippen molar-refractivity contribution in [2.75, 3.05) is 0 Å². The highest BCUT2D eigenvalue weighted by atomic mass is 35.5. The highest BCUT2D eigenvalue weighted by Gasteiger charge is 2.16. The summed E-state index contributed by atoms with van der Waals surface area (Å²) in [5, 5.41) is 19.0. The van der Waals surface area contributed by atoms with Crippen LogP contribution in [-0.2, 0) is 6.42 Å². The van der Waals surface area contributed by atoms with Crippen LogP contribution in [0, 0.1) is 5.82 Å². The molecule has 0 radical (unpaired) electrons. The standard InChI is InChI=1S/C13H9ClFNO3/c14-8-1-2-11(15)7(3-8)4-9-10(13(18)19)5-16-6-12(9)17/h1-3,5-6,17H,4H2,(H,18,19). The second kappa shape index (κ2) is 5.24. The fraction of sp³-hybridized carbons (Fsp3) is 0.0769. The average Bonchev–Trinajstić information content (AvgIpc) is 2.35. The van der Waals surface area contributed by atoms with E-state index in [4.69, 9.17) is 16.7 Å². The van der Waals surface area contributed by atoms with Crippen molar-refractivity contribution in [2.45, 2.75) is 6.42 Å². The highest BCUT2D eigenvalue weighted by molar-refractivity contribution is 6.30. The Morgan fingerprint density at radius 3 is 2.79 bits per heavy atom. The van der Waals surface area contributed by atoms with Crippen molar-refractivity contribution in [2.24, 2.45) is 0 Å². The van der Waals surface area contributed by atoms with E-state index in [9.17, 15) is 14.3 Å². The van der Waals surface area contributed by atoms with Gasteiger partial charge in [-0.05, 0) is 23.8 Å². The van der Waals surface area contributed by atoms with Crippen LogP contribution in [0.15, 0.2) is 30.6 Å². The van der Waals surface area contributed by atoms with Crippen LogP contribution < -0.4 is 0 Å². The molecule has 0 bridgehead atoms. The van der Waals surface area contributed by atoms with Crippen molar-refractivity contribution in [3.8, 4) is 5.75 Å². The van der Waals surface area contributed by atoms with Gasteiger partial charge in [-0.15, -0.1) is 0 Å². The van der Waals surface area contributed by atoms with E-state index in [1.54, 1.807) is 0 Å². The fourth-order valence-electron chi connectivity index (χ4n) is 1.72. The van der Waals surface area contributed by atoms with Gasteiger partial charge in [-0.3, -0.25) is 4.98 Å². The number of carboxylic acid groups (broad SMARTS) is 1. The van der Waals surface area contributed by atoms with Gasteiger partial charge in [0.15, 0.2) is 0 Å². The Balaban J connectivity index is 2.49. The first kappa shape index (κ1) is 13.3. The van der Waals surface area contributed by atoms with Gasteiger partial charge in [0.05, 0.1) is 11.8 Å². The molecular formula is C13H9ClFNO3. The zero-order valence-electron chi connectivity index (χ0n) is 9.60. The Morgan fingerprint density at radius 2 is 2.11 bits per heavy atom. The van der Waals surface area contributed by atoms with Gasteiger partial charge in [-0.25, -0.2) is 9.18 Å². The molecule has 4 nitrogen and oxygen atoms in total. The topological polar surface area (TPSA) is 70.4 Å². The molecular weight excluding hydrogens is 273 g/mol. The lowest BCUT2D eigenvalue weighted by molar-refractivity contribution is 0.0694. The summed E-state index contributed by atoms with van der Waals surface area (Å²) in [5.74, 6) is -2.04. The van der Waals surface area contributed by atoms with Gasteiger partial charge in [0, 0.05) is 23.2 Å². The molecule has 1 aromatic heterocycles. The number of hydrogen-bond donors (Lipinski definition) is 2. The molecule has 0 fully saturated rings. The zero-order valence-corrected chi connectivity index (χ0v) is 10.4. The molecule has 0 aliphatic heterocycles. The smallest absolute Gasteiger partial charge is 0.337 e. The summed E-state index contributed by atoms with van der Waals surface area (Å²) in [6.07, 6.45) is 2.15. The summed E-state index contributed by atoms with van der Waals surface area (Å²) in [4.78, 5) is 14.6. The minimum absolute atomic E-state index is 0.0810. The van der Waals surface area contributed by atoms with Crippen LogP contribution in [0.25, 0.3) is 0 Å². The SMILES string of the molecule is O=C(O)c1cncc(O)c1Cc1cc(Cl)ccc1F. The third-order valence-corrected chi connectivity index (χ3v) is 2.88. The normalized spacial score (nSPS) is 10.4. The van der Waals surface area contributed by atoms with Crippen molar-refractivity contribution in [1.82, 2.24) is 4.98 Å². The number of carbonyl (C=O) groups is 1. The number of aromatic hydroxyl groups is 1. The third kappa shape index (κ3) is 2.82. The average molecular weight is 282 g/mol. The Kier molecular flexibility index (Phi) is 3.66. The Morgan fingerprint density at radius 1 is 1.37 bits per heavy atom. The molecule has 0 unspecified atom stereocenters. The first-order chi connectivity index (χ1) is 8.99. The van der Waals surface area contributed by atoms with E-state index in [1.807, 2.05) is 0 Å². The third-order valence-electron chi connectivity index (χ3n) is 2.64. The van der Waals surface area contributed by atoms with E-state index in [-0.39, 0.29) is 28.9 Å². The van der Waals surface area contributed by atoms with Crippen LogP contribution in [0.1, 0.15) is 21.5 Å². The summed E-state index contributed by atoms with van der Waals surface area (Å²) in [7, 11) is 0. The number of aromatic carboxylic acids is 1. The Bertz CT molecular complexity index is 646. The monoisotopic (exact) mass is 281 g/mol. The van der Waals surface area contributed by atoms with Gasteiger partial charge in [0.25, 0.3) is 0 Å². The molecule has 98 valence electrons. The van der Waals surface area contributed by atoms with Gasteiger partial charge in [0.2, 0.25) is 0 Å². The van der Waals surface area contributed by atoms with Crippen molar-refractivity contribution >= 4 is 17.6 Å². The predicted octanol–water partition coefficient (Wildman–Crippen LogP) is 2.87. The largest absolute Gasteiger partial charge is 0.506 e. The van der Waals surface area contributed by atoms with Crippen LogP contribution >= 0.6 is 11.6 Å². The van der Waals surface area contributed by atoms with E-state index in [0.717, 1.165) is 12.4 Å². The van der Waals surface area contributed by atoms with E-state index in [1.165, 1.54) is 18.2 Å². The Hall–Kier alpha value is -2.14. The second-order valence-electron chi connectivity index (χ2n) is 3.90. The molecule has 6 heteroatoms. The lowest BCUT2D eigenvalue weighted by Crippen LogP contribution is -2.05. The van der Waals surface area contributed by atoms with E-state index in [2.05, 4.69) is 4.98 Å². The number of nitrogens with zero attached hydrogens (tertiary/aromatic N) is 1. The van der Waals surface area contributed by atoms with Crippen molar-refractivity contribution in [1.29, 1.82) is 0 Å². The van der Waals surface area contributed by atoms with Crippen molar-refractivity contribution < 1.29 is 19.4 Å². The first-order valence-electron chi connectivity index (χ1n) is 5.32. The summed E-state index contributed by atoms with van der Waals surface area (Å²) in [6, 6.07) is 3.98. The van der Waals surface area contributed by atoms with E-state index >= 15 is 0 Å². The number of halogens is 2. The van der Waals surface area contributed by atoms with Gasteiger partial charge < -0.3 is 10.2 Å². The van der Waals surface area contributed by atoms with Gasteiger partial charge in [0.1, 0.15) is 11.6 Å². The first-order valence-corrected chi connectivity index (χ1v) is 5.70. The second-order valence-corrected chi connectivity index (χ2v) is 4.34.